The summed E-state index contributed by atoms with van der Waals surface area (Å²) in [6.07, 6.45) is 0. The van der Waals surface area contributed by atoms with Crippen LogP contribution >= 0.6 is 0 Å². The van der Waals surface area contributed by atoms with Gasteiger partial charge in [0.2, 0.25) is 6.79 Å². The summed E-state index contributed by atoms with van der Waals surface area (Å²) in [5.74, 6) is 1.26. The highest BCUT2D eigenvalue weighted by atomic mass is 16.7. The number of rotatable bonds is 2. The molecule has 1 unspecified atom stereocenters. The Hall–Kier alpha value is -3.28. The maximum Gasteiger partial charge on any atom is 0.270 e. The lowest BCUT2D eigenvalue weighted by atomic mass is 9.96. The van der Waals surface area contributed by atoms with Gasteiger partial charge < -0.3 is 14.8 Å². The predicted molar refractivity (Wildman–Crippen MR) is 85.9 cm³/mol. The Bertz CT molecular complexity index is 949. The van der Waals surface area contributed by atoms with Gasteiger partial charge >= 0.3 is 0 Å². The Morgan fingerprint density at radius 2 is 1.88 bits per heavy atom. The second kappa shape index (κ2) is 4.86. The van der Waals surface area contributed by atoms with E-state index in [0.29, 0.717) is 11.4 Å². The van der Waals surface area contributed by atoms with Crippen LogP contribution in [0.4, 0.5) is 0 Å². The van der Waals surface area contributed by atoms with Gasteiger partial charge in [-0.2, -0.15) is 5.10 Å². The number of hydrogen-bond acceptors (Lipinski definition) is 4. The molecule has 3 heterocycles. The summed E-state index contributed by atoms with van der Waals surface area (Å²) < 4.78 is 10.8. The van der Waals surface area contributed by atoms with Gasteiger partial charge in [0.15, 0.2) is 11.5 Å². The van der Waals surface area contributed by atoms with Gasteiger partial charge in [-0.05, 0) is 17.7 Å². The smallest absolute Gasteiger partial charge is 0.270 e. The highest BCUT2D eigenvalue weighted by molar-refractivity contribution is 6.00. The van der Waals surface area contributed by atoms with Crippen molar-refractivity contribution >= 4 is 5.91 Å². The lowest BCUT2D eigenvalue weighted by Gasteiger charge is -2.14. The molecule has 2 aliphatic rings. The molecular formula is C18H13N3O3. The van der Waals surface area contributed by atoms with Crippen LogP contribution in [-0.2, 0) is 0 Å². The molecule has 0 saturated carbocycles. The average Bonchev–Trinajstić information content (AvgIpc) is 3.32. The molecule has 2 aromatic carbocycles. The van der Waals surface area contributed by atoms with Crippen molar-refractivity contribution in [1.29, 1.82) is 0 Å². The molecular weight excluding hydrogens is 306 g/mol. The van der Waals surface area contributed by atoms with E-state index < -0.39 is 0 Å². The second-order valence-corrected chi connectivity index (χ2v) is 5.75. The molecule has 1 amide bonds. The summed E-state index contributed by atoms with van der Waals surface area (Å²) in [6, 6.07) is 15.3. The minimum absolute atomic E-state index is 0.151. The van der Waals surface area contributed by atoms with Crippen LogP contribution in [0.5, 0.6) is 11.5 Å². The zero-order valence-electron chi connectivity index (χ0n) is 12.6. The van der Waals surface area contributed by atoms with E-state index >= 15 is 0 Å². The third kappa shape index (κ3) is 1.83. The number of fused-ring (bicyclic) bond motifs is 2. The molecule has 24 heavy (non-hydrogen) atoms. The van der Waals surface area contributed by atoms with Crippen LogP contribution in [0, 0.1) is 0 Å². The minimum Gasteiger partial charge on any atom is -0.454 e. The third-order valence-corrected chi connectivity index (χ3v) is 4.37. The predicted octanol–water partition coefficient (Wildman–Crippen LogP) is 2.64. The lowest BCUT2D eigenvalue weighted by Crippen LogP contribution is -2.21. The maximum atomic E-state index is 12.3. The summed E-state index contributed by atoms with van der Waals surface area (Å²) in [5.41, 5.74) is 4.07. The van der Waals surface area contributed by atoms with Crippen molar-refractivity contribution in [1.82, 2.24) is 15.5 Å². The van der Waals surface area contributed by atoms with E-state index in [1.165, 1.54) is 0 Å². The number of benzene rings is 2. The second-order valence-electron chi connectivity index (χ2n) is 5.75. The third-order valence-electron chi connectivity index (χ3n) is 4.37. The number of aromatic amines is 1. The summed E-state index contributed by atoms with van der Waals surface area (Å²) in [4.78, 5) is 12.3. The van der Waals surface area contributed by atoms with Crippen molar-refractivity contribution in [3.05, 3.63) is 65.4 Å². The number of hydrogen-bond donors (Lipinski definition) is 2. The van der Waals surface area contributed by atoms with Crippen LogP contribution in [-0.4, -0.2) is 22.9 Å². The zero-order chi connectivity index (χ0) is 16.1. The van der Waals surface area contributed by atoms with Gasteiger partial charge in [-0.25, -0.2) is 0 Å². The van der Waals surface area contributed by atoms with Crippen molar-refractivity contribution in [2.24, 2.45) is 0 Å². The van der Waals surface area contributed by atoms with Crippen molar-refractivity contribution < 1.29 is 14.3 Å². The minimum atomic E-state index is -0.268. The van der Waals surface area contributed by atoms with E-state index in [4.69, 9.17) is 9.47 Å². The molecule has 5 rings (SSSR count). The van der Waals surface area contributed by atoms with E-state index in [0.717, 1.165) is 28.1 Å². The van der Waals surface area contributed by atoms with Gasteiger partial charge in [0, 0.05) is 11.1 Å². The Labute approximate surface area is 137 Å². The van der Waals surface area contributed by atoms with Crippen LogP contribution in [0.2, 0.25) is 0 Å². The first-order valence-corrected chi connectivity index (χ1v) is 7.65. The SMILES string of the molecule is O=C1NC(c2ccc3c(c2)OCO3)c2c(-c3ccccc3)n[nH]c21. The Kier molecular flexibility index (Phi) is 2.67. The fraction of sp³-hybridized carbons (Fsp3) is 0.111. The van der Waals surface area contributed by atoms with Gasteiger partial charge in [0.05, 0.1) is 11.7 Å². The Morgan fingerprint density at radius 1 is 1.04 bits per heavy atom. The van der Waals surface area contributed by atoms with Crippen LogP contribution in [0.25, 0.3) is 11.3 Å². The van der Waals surface area contributed by atoms with Crippen molar-refractivity contribution in [2.45, 2.75) is 6.04 Å². The van der Waals surface area contributed by atoms with E-state index in [2.05, 4.69) is 15.5 Å². The number of ether oxygens (including phenoxy) is 2. The lowest BCUT2D eigenvalue weighted by molar-refractivity contribution is 0.0955. The number of carbonyl (C=O) groups excluding carboxylic acids is 1. The number of aromatic nitrogens is 2. The molecule has 6 nitrogen and oxygen atoms in total. The first-order valence-electron chi connectivity index (χ1n) is 7.65. The monoisotopic (exact) mass is 319 g/mol. The number of nitrogens with one attached hydrogen (secondary N) is 2. The maximum absolute atomic E-state index is 12.3. The quantitative estimate of drug-likeness (QED) is 0.761. The van der Waals surface area contributed by atoms with Crippen molar-refractivity contribution in [3.63, 3.8) is 0 Å². The Morgan fingerprint density at radius 3 is 2.75 bits per heavy atom. The summed E-state index contributed by atoms with van der Waals surface area (Å²) in [7, 11) is 0. The highest BCUT2D eigenvalue weighted by Crippen LogP contribution is 2.40. The zero-order valence-corrected chi connectivity index (χ0v) is 12.6. The van der Waals surface area contributed by atoms with Crippen molar-refractivity contribution in [2.75, 3.05) is 6.79 Å². The van der Waals surface area contributed by atoms with Crippen LogP contribution < -0.4 is 14.8 Å². The molecule has 0 fully saturated rings. The van der Waals surface area contributed by atoms with Crippen LogP contribution in [0.1, 0.15) is 27.7 Å². The van der Waals surface area contributed by atoms with Gasteiger partial charge in [0.1, 0.15) is 5.69 Å². The highest BCUT2D eigenvalue weighted by Gasteiger charge is 2.36. The van der Waals surface area contributed by atoms with Crippen molar-refractivity contribution in [3.8, 4) is 22.8 Å². The number of amides is 1. The number of carbonyl (C=O) groups is 1. The summed E-state index contributed by atoms with van der Waals surface area (Å²) >= 11 is 0. The van der Waals surface area contributed by atoms with E-state index in [9.17, 15) is 4.79 Å². The molecule has 0 spiro atoms. The summed E-state index contributed by atoms with van der Waals surface area (Å²) in [6.45, 7) is 0.224. The molecule has 2 N–H and O–H groups in total. The topological polar surface area (TPSA) is 76.2 Å². The number of nitrogens with zero attached hydrogens (tertiary/aromatic N) is 1. The summed E-state index contributed by atoms with van der Waals surface area (Å²) in [5, 5.41) is 10.2. The first kappa shape index (κ1) is 13.2. The largest absolute Gasteiger partial charge is 0.454 e. The molecule has 2 aliphatic heterocycles. The van der Waals surface area contributed by atoms with Gasteiger partial charge in [0.25, 0.3) is 5.91 Å². The molecule has 0 radical (unpaired) electrons. The molecule has 1 atom stereocenters. The van der Waals surface area contributed by atoms with E-state index in [1.54, 1.807) is 0 Å². The van der Waals surface area contributed by atoms with Crippen LogP contribution in [0.15, 0.2) is 48.5 Å². The Balaban J connectivity index is 1.64. The molecule has 0 saturated heterocycles. The first-order chi connectivity index (χ1) is 11.8. The van der Waals surface area contributed by atoms with E-state index in [1.807, 2.05) is 48.5 Å². The van der Waals surface area contributed by atoms with Gasteiger partial charge in [-0.1, -0.05) is 36.4 Å². The van der Waals surface area contributed by atoms with Gasteiger partial charge in [-0.15, -0.1) is 0 Å². The molecule has 0 bridgehead atoms. The molecule has 0 aliphatic carbocycles. The van der Waals surface area contributed by atoms with Crippen LogP contribution in [0.3, 0.4) is 0 Å². The average molecular weight is 319 g/mol. The fourth-order valence-electron chi connectivity index (χ4n) is 3.24. The molecule has 3 aromatic rings. The molecule has 6 heteroatoms. The van der Waals surface area contributed by atoms with Gasteiger partial charge in [-0.3, -0.25) is 9.89 Å². The fourth-order valence-corrected chi connectivity index (χ4v) is 3.24. The standard InChI is InChI=1S/C18H13N3O3/c22-18-17-14(16(20-21-17)10-4-2-1-3-5-10)15(19-18)11-6-7-12-13(8-11)24-9-23-12/h1-8,15H,9H2,(H,19,22)(H,20,21). The molecule has 118 valence electrons. The number of H-pyrrole nitrogens is 1. The normalized spacial score (nSPS) is 17.7. The molecule has 1 aromatic heterocycles. The van der Waals surface area contributed by atoms with E-state index in [-0.39, 0.29) is 18.7 Å².